The van der Waals surface area contributed by atoms with Crippen LogP contribution in [-0.2, 0) is 11.2 Å². The van der Waals surface area contributed by atoms with Gasteiger partial charge in [-0.2, -0.15) is 0 Å². The molecular weight excluding hydrogens is 260 g/mol. The van der Waals surface area contributed by atoms with Crippen LogP contribution in [0.25, 0.3) is 0 Å². The lowest BCUT2D eigenvalue weighted by Gasteiger charge is -2.09. The van der Waals surface area contributed by atoms with Crippen molar-refractivity contribution < 1.29 is 4.79 Å². The second-order valence-electron chi connectivity index (χ2n) is 5.22. The van der Waals surface area contributed by atoms with Crippen LogP contribution in [0.4, 0.5) is 11.4 Å². The van der Waals surface area contributed by atoms with Crippen LogP contribution < -0.4 is 10.6 Å². The molecule has 0 aliphatic carbocycles. The lowest BCUT2D eigenvalue weighted by atomic mass is 10.1. The van der Waals surface area contributed by atoms with Crippen LogP contribution in [0.15, 0.2) is 48.5 Å². The topological polar surface area (TPSA) is 41.1 Å². The van der Waals surface area contributed by atoms with Gasteiger partial charge in [-0.3, -0.25) is 4.79 Å². The fourth-order valence-corrected chi connectivity index (χ4v) is 2.19. The van der Waals surface area contributed by atoms with E-state index in [4.69, 9.17) is 0 Å². The molecule has 0 aromatic heterocycles. The lowest BCUT2D eigenvalue weighted by molar-refractivity contribution is -0.114. The number of carbonyl (C=O) groups excluding carboxylic acids is 1. The van der Waals surface area contributed by atoms with Gasteiger partial charge in [0.25, 0.3) is 0 Å². The standard InChI is InChI=1S/C18H22N2O/c1-3-5-15-8-10-16(11-9-15)19-13-18(21)20-17-7-4-6-14(2)12-17/h4,6-12,19H,3,5,13H2,1-2H3,(H,20,21). The third-order valence-electron chi connectivity index (χ3n) is 3.25. The summed E-state index contributed by atoms with van der Waals surface area (Å²) in [6.45, 7) is 4.44. The minimum atomic E-state index is -0.0433. The van der Waals surface area contributed by atoms with E-state index in [9.17, 15) is 4.79 Å². The fourth-order valence-electron chi connectivity index (χ4n) is 2.19. The van der Waals surface area contributed by atoms with Gasteiger partial charge in [0.2, 0.25) is 5.91 Å². The van der Waals surface area contributed by atoms with E-state index in [0.29, 0.717) is 0 Å². The fraction of sp³-hybridized carbons (Fsp3) is 0.278. The molecule has 2 aromatic carbocycles. The molecule has 2 aromatic rings. The van der Waals surface area contributed by atoms with Crippen LogP contribution in [0.3, 0.4) is 0 Å². The molecule has 0 radical (unpaired) electrons. The van der Waals surface area contributed by atoms with Crippen LogP contribution in [-0.4, -0.2) is 12.5 Å². The van der Waals surface area contributed by atoms with Crippen molar-refractivity contribution in [2.75, 3.05) is 17.2 Å². The van der Waals surface area contributed by atoms with Gasteiger partial charge in [0, 0.05) is 11.4 Å². The van der Waals surface area contributed by atoms with Crippen molar-refractivity contribution in [1.29, 1.82) is 0 Å². The van der Waals surface area contributed by atoms with Crippen molar-refractivity contribution >= 4 is 17.3 Å². The third kappa shape index (κ3) is 4.95. The highest BCUT2D eigenvalue weighted by Crippen LogP contribution is 2.12. The van der Waals surface area contributed by atoms with Crippen LogP contribution >= 0.6 is 0 Å². The average Bonchev–Trinajstić information content (AvgIpc) is 2.47. The molecule has 0 atom stereocenters. The second-order valence-corrected chi connectivity index (χ2v) is 5.22. The lowest BCUT2D eigenvalue weighted by Crippen LogP contribution is -2.21. The number of aryl methyl sites for hydroxylation is 2. The Morgan fingerprint density at radius 1 is 1.05 bits per heavy atom. The Kier molecular flexibility index (Phi) is 5.38. The molecule has 0 spiro atoms. The number of hydrogen-bond acceptors (Lipinski definition) is 2. The van der Waals surface area contributed by atoms with E-state index in [0.717, 1.165) is 29.8 Å². The summed E-state index contributed by atoms with van der Waals surface area (Å²) in [5, 5.41) is 6.02. The number of rotatable bonds is 6. The van der Waals surface area contributed by atoms with Crippen LogP contribution in [0, 0.1) is 6.92 Å². The Labute approximate surface area is 126 Å². The van der Waals surface area contributed by atoms with Gasteiger partial charge in [0.05, 0.1) is 6.54 Å². The van der Waals surface area contributed by atoms with Gasteiger partial charge in [-0.15, -0.1) is 0 Å². The molecule has 0 saturated heterocycles. The predicted octanol–water partition coefficient (Wildman–Crippen LogP) is 4.00. The summed E-state index contributed by atoms with van der Waals surface area (Å²) >= 11 is 0. The first-order chi connectivity index (χ1) is 10.2. The van der Waals surface area contributed by atoms with E-state index >= 15 is 0 Å². The van der Waals surface area contributed by atoms with Crippen LogP contribution in [0.2, 0.25) is 0 Å². The number of hydrogen-bond donors (Lipinski definition) is 2. The van der Waals surface area contributed by atoms with E-state index in [1.165, 1.54) is 5.56 Å². The number of carbonyl (C=O) groups is 1. The summed E-state index contributed by atoms with van der Waals surface area (Å²) in [5.41, 5.74) is 4.26. The smallest absolute Gasteiger partial charge is 0.243 e. The van der Waals surface area contributed by atoms with Crippen molar-refractivity contribution in [3.63, 3.8) is 0 Å². The summed E-state index contributed by atoms with van der Waals surface area (Å²) in [7, 11) is 0. The van der Waals surface area contributed by atoms with E-state index in [1.54, 1.807) is 0 Å². The Morgan fingerprint density at radius 2 is 1.81 bits per heavy atom. The molecule has 110 valence electrons. The molecule has 2 rings (SSSR count). The first-order valence-electron chi connectivity index (χ1n) is 7.36. The SMILES string of the molecule is CCCc1ccc(NCC(=O)Nc2cccc(C)c2)cc1. The monoisotopic (exact) mass is 282 g/mol. The zero-order valence-corrected chi connectivity index (χ0v) is 12.6. The molecule has 0 aliphatic heterocycles. The van der Waals surface area contributed by atoms with E-state index in [1.807, 2.05) is 43.3 Å². The highest BCUT2D eigenvalue weighted by atomic mass is 16.1. The molecule has 0 fully saturated rings. The highest BCUT2D eigenvalue weighted by molar-refractivity contribution is 5.93. The molecule has 2 N–H and O–H groups in total. The summed E-state index contributed by atoms with van der Waals surface area (Å²) in [5.74, 6) is -0.0433. The number of nitrogens with one attached hydrogen (secondary N) is 2. The Bertz CT molecular complexity index is 590. The first kappa shape index (κ1) is 15.1. The maximum Gasteiger partial charge on any atom is 0.243 e. The highest BCUT2D eigenvalue weighted by Gasteiger charge is 2.02. The maximum absolute atomic E-state index is 11.9. The zero-order valence-electron chi connectivity index (χ0n) is 12.6. The Hall–Kier alpha value is -2.29. The summed E-state index contributed by atoms with van der Waals surface area (Å²) < 4.78 is 0. The third-order valence-corrected chi connectivity index (χ3v) is 3.25. The Balaban J connectivity index is 1.83. The quantitative estimate of drug-likeness (QED) is 0.841. The van der Waals surface area contributed by atoms with E-state index < -0.39 is 0 Å². The number of benzene rings is 2. The van der Waals surface area contributed by atoms with Gasteiger partial charge in [-0.1, -0.05) is 37.6 Å². The van der Waals surface area contributed by atoms with Gasteiger partial charge in [-0.25, -0.2) is 0 Å². The van der Waals surface area contributed by atoms with Crippen molar-refractivity contribution in [3.8, 4) is 0 Å². The molecule has 0 unspecified atom stereocenters. The van der Waals surface area contributed by atoms with Crippen LogP contribution in [0.5, 0.6) is 0 Å². The average molecular weight is 282 g/mol. The summed E-state index contributed by atoms with van der Waals surface area (Å²) in [6, 6.07) is 16.0. The molecule has 1 amide bonds. The predicted molar refractivity (Wildman–Crippen MR) is 88.7 cm³/mol. The van der Waals surface area contributed by atoms with E-state index in [2.05, 4.69) is 29.7 Å². The first-order valence-corrected chi connectivity index (χ1v) is 7.36. The maximum atomic E-state index is 11.9. The van der Waals surface area contributed by atoms with Crippen LogP contribution in [0.1, 0.15) is 24.5 Å². The molecule has 21 heavy (non-hydrogen) atoms. The normalized spacial score (nSPS) is 10.2. The molecule has 0 aliphatic rings. The van der Waals surface area contributed by atoms with E-state index in [-0.39, 0.29) is 12.5 Å². The zero-order chi connectivity index (χ0) is 15.1. The van der Waals surface area contributed by atoms with Gasteiger partial charge in [0.1, 0.15) is 0 Å². The van der Waals surface area contributed by atoms with Crippen molar-refractivity contribution in [3.05, 3.63) is 59.7 Å². The molecule has 0 saturated carbocycles. The molecule has 3 heteroatoms. The van der Waals surface area contributed by atoms with Gasteiger partial charge in [0.15, 0.2) is 0 Å². The molecule has 0 heterocycles. The molecule has 0 bridgehead atoms. The number of amides is 1. The van der Waals surface area contributed by atoms with Crippen molar-refractivity contribution in [2.45, 2.75) is 26.7 Å². The van der Waals surface area contributed by atoms with Gasteiger partial charge in [-0.05, 0) is 48.7 Å². The molecular formula is C18H22N2O. The van der Waals surface area contributed by atoms with Gasteiger partial charge < -0.3 is 10.6 Å². The second kappa shape index (κ2) is 7.48. The summed E-state index contributed by atoms with van der Waals surface area (Å²) in [4.78, 5) is 11.9. The minimum absolute atomic E-state index is 0.0433. The van der Waals surface area contributed by atoms with Crippen molar-refractivity contribution in [1.82, 2.24) is 0 Å². The Morgan fingerprint density at radius 3 is 2.48 bits per heavy atom. The largest absolute Gasteiger partial charge is 0.376 e. The van der Waals surface area contributed by atoms with Gasteiger partial charge >= 0.3 is 0 Å². The van der Waals surface area contributed by atoms with Crippen molar-refractivity contribution in [2.24, 2.45) is 0 Å². The minimum Gasteiger partial charge on any atom is -0.376 e. The summed E-state index contributed by atoms with van der Waals surface area (Å²) in [6.07, 6.45) is 2.24. The number of anilines is 2. The molecule has 3 nitrogen and oxygen atoms in total.